The Bertz CT molecular complexity index is 1360. The van der Waals surface area contributed by atoms with Crippen molar-refractivity contribution < 1.29 is 63.0 Å². The highest BCUT2D eigenvalue weighted by Crippen LogP contribution is 2.72. The fraction of sp³-hybridized carbons (Fsp3) is 0.700. The fourth-order valence-corrected chi connectivity index (χ4v) is 8.81. The predicted octanol–water partition coefficient (Wildman–Crippen LogP) is 0.839. The Morgan fingerprint density at radius 2 is 1.77 bits per heavy atom. The van der Waals surface area contributed by atoms with Gasteiger partial charge in [0.15, 0.2) is 11.5 Å². The van der Waals surface area contributed by atoms with Crippen LogP contribution in [0.15, 0.2) is 23.0 Å². The van der Waals surface area contributed by atoms with Gasteiger partial charge >= 0.3 is 23.9 Å². The van der Waals surface area contributed by atoms with E-state index >= 15 is 0 Å². The monoisotopic (exact) mass is 606 g/mol. The molecule has 2 aliphatic heterocycles. The molecule has 5 aliphatic rings. The number of ketones is 1. The molecule has 5 rings (SSSR count). The van der Waals surface area contributed by atoms with E-state index in [-0.39, 0.29) is 25.2 Å². The number of hydrogen-bond donors (Lipinski definition) is 3. The number of methoxy groups -OCH3 is 1. The molecule has 2 heterocycles. The molecule has 0 aromatic rings. The lowest BCUT2D eigenvalue weighted by Gasteiger charge is -2.67. The zero-order valence-corrected chi connectivity index (χ0v) is 25.2. The van der Waals surface area contributed by atoms with Crippen molar-refractivity contribution in [1.29, 1.82) is 0 Å². The molecular weight excluding hydrogens is 568 g/mol. The van der Waals surface area contributed by atoms with E-state index in [0.29, 0.717) is 11.1 Å². The van der Waals surface area contributed by atoms with Gasteiger partial charge in [0.05, 0.1) is 25.7 Å². The number of carbonyl (C=O) groups excluding carboxylic acids is 5. The number of allylic oxidation sites excluding steroid dienone is 2. The third-order valence-corrected chi connectivity index (χ3v) is 10.8. The summed E-state index contributed by atoms with van der Waals surface area (Å²) >= 11 is 0. The largest absolute Gasteiger partial charge is 0.504 e. The minimum Gasteiger partial charge on any atom is -0.504 e. The van der Waals surface area contributed by atoms with Gasteiger partial charge in [-0.05, 0) is 56.6 Å². The Balaban J connectivity index is 1.64. The normalized spacial score (nSPS) is 42.0. The lowest BCUT2D eigenvalue weighted by Crippen LogP contribution is -2.79. The van der Waals surface area contributed by atoms with Crippen molar-refractivity contribution in [2.75, 3.05) is 13.7 Å². The molecule has 13 heteroatoms. The molecular formula is C30H38O13. The van der Waals surface area contributed by atoms with Crippen LogP contribution in [-0.2, 0) is 47.7 Å². The average Bonchev–Trinajstić information content (AvgIpc) is 3.21. The second kappa shape index (κ2) is 9.86. The van der Waals surface area contributed by atoms with Gasteiger partial charge in [0.25, 0.3) is 0 Å². The van der Waals surface area contributed by atoms with Crippen LogP contribution in [0.3, 0.4) is 0 Å². The molecule has 2 saturated carbocycles. The number of aliphatic hydroxyl groups is 3. The van der Waals surface area contributed by atoms with Crippen molar-refractivity contribution in [2.24, 2.45) is 28.6 Å². The summed E-state index contributed by atoms with van der Waals surface area (Å²) in [4.78, 5) is 64.9. The average molecular weight is 607 g/mol. The smallest absolute Gasteiger partial charge is 0.348 e. The molecule has 43 heavy (non-hydrogen) atoms. The molecule has 236 valence electrons. The van der Waals surface area contributed by atoms with Crippen LogP contribution < -0.4 is 0 Å². The van der Waals surface area contributed by atoms with Crippen LogP contribution in [0.25, 0.3) is 0 Å². The fourth-order valence-electron chi connectivity index (χ4n) is 8.81. The van der Waals surface area contributed by atoms with Gasteiger partial charge in [0.2, 0.25) is 11.7 Å². The summed E-state index contributed by atoms with van der Waals surface area (Å²) in [5.41, 5.74) is -5.29. The predicted molar refractivity (Wildman–Crippen MR) is 143 cm³/mol. The van der Waals surface area contributed by atoms with Crippen LogP contribution >= 0.6 is 0 Å². The third kappa shape index (κ3) is 4.03. The summed E-state index contributed by atoms with van der Waals surface area (Å²) in [5.74, 6) is -7.48. The Labute approximate surface area is 248 Å². The SMILES string of the molecule is COC(=O)[C@]12OC[C@]34[C@H]([C@@H](O)[C@@H]1O)[C@@]1(C)CC(=O)C(O)=C(C)[C@@H]1C[C@H]3OC(=O)[C@H](OC(=O)/C=C(/C)C(C)(C)OC(C)=O)[C@@H]24. The van der Waals surface area contributed by atoms with Gasteiger partial charge in [-0.25, -0.2) is 14.4 Å². The van der Waals surface area contributed by atoms with E-state index in [9.17, 15) is 39.3 Å². The van der Waals surface area contributed by atoms with Crippen LogP contribution in [0.2, 0.25) is 0 Å². The summed E-state index contributed by atoms with van der Waals surface area (Å²) < 4.78 is 28.0. The molecule has 0 aromatic heterocycles. The van der Waals surface area contributed by atoms with E-state index in [1.807, 2.05) is 0 Å². The van der Waals surface area contributed by atoms with Crippen LogP contribution in [0.1, 0.15) is 54.4 Å². The van der Waals surface area contributed by atoms with Crippen molar-refractivity contribution in [3.63, 3.8) is 0 Å². The second-order valence-corrected chi connectivity index (χ2v) is 13.2. The second-order valence-electron chi connectivity index (χ2n) is 13.2. The molecule has 3 aliphatic carbocycles. The van der Waals surface area contributed by atoms with Crippen LogP contribution in [0.5, 0.6) is 0 Å². The molecule has 10 atom stereocenters. The van der Waals surface area contributed by atoms with Crippen molar-refractivity contribution in [1.82, 2.24) is 0 Å². The maximum Gasteiger partial charge on any atom is 0.348 e. The van der Waals surface area contributed by atoms with Crippen LogP contribution in [-0.4, -0.2) is 94.3 Å². The van der Waals surface area contributed by atoms with Gasteiger partial charge in [-0.15, -0.1) is 0 Å². The van der Waals surface area contributed by atoms with Crippen molar-refractivity contribution in [2.45, 2.75) is 90.0 Å². The minimum absolute atomic E-state index is 0.123. The molecule has 2 saturated heterocycles. The van der Waals surface area contributed by atoms with Crippen LogP contribution in [0, 0.1) is 28.6 Å². The van der Waals surface area contributed by atoms with Gasteiger partial charge in [0, 0.05) is 30.8 Å². The Hall–Kier alpha value is -3.29. The summed E-state index contributed by atoms with van der Waals surface area (Å²) in [7, 11) is 1.06. The standard InChI is InChI=1S/C30H38O13/c1-12(27(4,5)43-14(3)31)8-18(33)42-21-23-29-11-40-30(23,26(38)39-7)24(36)20(35)22(29)28(6)10-16(32)19(34)13(2)15(28)9-17(29)41-25(21)37/h8,15,17,20-24,34-36H,9-11H2,1-7H3/b12-8-/t15-,17+,20+,21+,22+,23+,24-,28-,29+,30+/m0/s1. The number of carbonyl (C=O) groups is 5. The van der Waals surface area contributed by atoms with E-state index in [0.717, 1.165) is 13.2 Å². The first-order valence-corrected chi connectivity index (χ1v) is 14.2. The molecule has 0 unspecified atom stereocenters. The highest BCUT2D eigenvalue weighted by molar-refractivity contribution is 5.95. The number of Topliss-reactive ketones (excluding diaryl/α,β-unsaturated/α-hetero) is 1. The molecule has 0 amide bonds. The van der Waals surface area contributed by atoms with Crippen molar-refractivity contribution in [3.8, 4) is 0 Å². The Morgan fingerprint density at radius 1 is 1.12 bits per heavy atom. The number of aliphatic hydroxyl groups excluding tert-OH is 3. The van der Waals surface area contributed by atoms with Crippen LogP contribution in [0.4, 0.5) is 0 Å². The van der Waals surface area contributed by atoms with E-state index in [1.54, 1.807) is 27.7 Å². The zero-order valence-electron chi connectivity index (χ0n) is 25.2. The molecule has 4 fully saturated rings. The Morgan fingerprint density at radius 3 is 2.37 bits per heavy atom. The van der Waals surface area contributed by atoms with Gasteiger partial charge in [-0.2, -0.15) is 0 Å². The molecule has 1 spiro atoms. The van der Waals surface area contributed by atoms with Gasteiger partial charge in [-0.3, -0.25) is 9.59 Å². The minimum atomic E-state index is -2.31. The quantitative estimate of drug-likeness (QED) is 0.227. The summed E-state index contributed by atoms with van der Waals surface area (Å²) in [6.07, 6.45) is -5.37. The number of rotatable bonds is 5. The molecule has 3 N–H and O–H groups in total. The van der Waals surface area contributed by atoms with E-state index in [2.05, 4.69) is 0 Å². The number of esters is 4. The zero-order chi connectivity index (χ0) is 32.0. The number of fused-ring (bicyclic) bond motifs is 2. The highest BCUT2D eigenvalue weighted by atomic mass is 16.6. The number of hydrogen-bond acceptors (Lipinski definition) is 13. The van der Waals surface area contributed by atoms with Gasteiger partial charge in [0.1, 0.15) is 17.8 Å². The maximum absolute atomic E-state index is 13.7. The first-order chi connectivity index (χ1) is 19.9. The van der Waals surface area contributed by atoms with Crippen molar-refractivity contribution in [3.05, 3.63) is 23.0 Å². The van der Waals surface area contributed by atoms with Gasteiger partial charge in [-0.1, -0.05) is 6.92 Å². The summed E-state index contributed by atoms with van der Waals surface area (Å²) in [5, 5.41) is 33.9. The lowest BCUT2D eigenvalue weighted by atomic mass is 9.38. The molecule has 0 radical (unpaired) electrons. The topological polar surface area (TPSA) is 192 Å². The Kier molecular flexibility index (Phi) is 7.14. The maximum atomic E-state index is 13.7. The van der Waals surface area contributed by atoms with E-state index < -0.39 is 93.9 Å². The van der Waals surface area contributed by atoms with Gasteiger partial charge < -0.3 is 39.0 Å². The number of ether oxygens (including phenoxy) is 5. The lowest BCUT2D eigenvalue weighted by molar-refractivity contribution is -0.290. The summed E-state index contributed by atoms with van der Waals surface area (Å²) in [6, 6.07) is 0. The third-order valence-electron chi connectivity index (χ3n) is 10.8. The first-order valence-electron chi connectivity index (χ1n) is 14.2. The first kappa shape index (κ1) is 31.1. The van der Waals surface area contributed by atoms with Crippen molar-refractivity contribution >= 4 is 29.7 Å². The van der Waals surface area contributed by atoms with E-state index in [4.69, 9.17) is 23.7 Å². The molecule has 13 nitrogen and oxygen atoms in total. The van der Waals surface area contributed by atoms with E-state index in [1.165, 1.54) is 13.8 Å². The molecule has 2 bridgehead atoms. The summed E-state index contributed by atoms with van der Waals surface area (Å²) in [6.45, 7) is 8.96. The highest BCUT2D eigenvalue weighted by Gasteiger charge is 2.85. The molecule has 0 aromatic carbocycles.